The van der Waals surface area contributed by atoms with Crippen LogP contribution in [-0.4, -0.2) is 38.7 Å². The zero-order valence-corrected chi connectivity index (χ0v) is 15.2. The molecule has 0 bridgehead atoms. The maximum atomic E-state index is 13.0. The van der Waals surface area contributed by atoms with Gasteiger partial charge in [0.05, 0.1) is 34.0 Å². The van der Waals surface area contributed by atoms with Gasteiger partial charge in [-0.25, -0.2) is 0 Å². The van der Waals surface area contributed by atoms with Crippen molar-refractivity contribution >= 4 is 11.0 Å². The molecule has 0 atom stereocenters. The van der Waals surface area contributed by atoms with E-state index in [1.165, 1.54) is 52.7 Å². The number of benzene rings is 2. The van der Waals surface area contributed by atoms with E-state index in [0.717, 1.165) is 0 Å². The van der Waals surface area contributed by atoms with Gasteiger partial charge in [0, 0.05) is 6.07 Å². The molecule has 2 aromatic carbocycles. The van der Waals surface area contributed by atoms with Gasteiger partial charge in [-0.3, -0.25) is 4.79 Å². The van der Waals surface area contributed by atoms with Crippen LogP contribution in [0.4, 0.5) is 0 Å². The minimum absolute atomic E-state index is 0.00806. The molecule has 142 valence electrons. The predicted molar refractivity (Wildman–Crippen MR) is 97.5 cm³/mol. The lowest BCUT2D eigenvalue weighted by molar-refractivity contribution is 0.348. The molecule has 0 spiro atoms. The van der Waals surface area contributed by atoms with Gasteiger partial charge in [0.25, 0.3) is 0 Å². The van der Waals surface area contributed by atoms with Crippen molar-refractivity contribution < 1.29 is 33.6 Å². The topological polar surface area (TPSA) is 108 Å². The zero-order valence-electron chi connectivity index (χ0n) is 15.2. The van der Waals surface area contributed by atoms with Crippen LogP contribution < -0.4 is 24.4 Å². The van der Waals surface area contributed by atoms with Crippen LogP contribution in [0.15, 0.2) is 33.5 Å². The minimum atomic E-state index is -0.613. The van der Waals surface area contributed by atoms with E-state index in [9.17, 15) is 15.0 Å². The Balaban J connectivity index is 2.51. The van der Waals surface area contributed by atoms with Crippen LogP contribution in [0.3, 0.4) is 0 Å². The molecule has 0 unspecified atom stereocenters. The molecule has 3 aromatic rings. The van der Waals surface area contributed by atoms with Crippen LogP contribution in [-0.2, 0) is 0 Å². The molecule has 3 rings (SSSR count). The van der Waals surface area contributed by atoms with Gasteiger partial charge < -0.3 is 33.6 Å². The summed E-state index contributed by atoms with van der Waals surface area (Å²) in [5.41, 5.74) is -0.351. The molecule has 0 saturated carbocycles. The maximum Gasteiger partial charge on any atom is 0.239 e. The third-order valence-electron chi connectivity index (χ3n) is 4.08. The molecular weight excluding hydrogens is 356 g/mol. The summed E-state index contributed by atoms with van der Waals surface area (Å²) in [6.07, 6.45) is 0. The molecule has 0 aliphatic heterocycles. The molecule has 27 heavy (non-hydrogen) atoms. The molecular formula is C19H18O8. The Hall–Kier alpha value is -3.55. The van der Waals surface area contributed by atoms with Crippen LogP contribution >= 0.6 is 0 Å². The second kappa shape index (κ2) is 6.99. The molecule has 0 fully saturated rings. The van der Waals surface area contributed by atoms with Crippen molar-refractivity contribution in [3.63, 3.8) is 0 Å². The van der Waals surface area contributed by atoms with Crippen molar-refractivity contribution in [3.05, 3.63) is 34.5 Å². The van der Waals surface area contributed by atoms with E-state index in [2.05, 4.69) is 0 Å². The van der Waals surface area contributed by atoms with Gasteiger partial charge >= 0.3 is 0 Å². The van der Waals surface area contributed by atoms with Crippen molar-refractivity contribution in [1.82, 2.24) is 0 Å². The summed E-state index contributed by atoms with van der Waals surface area (Å²) in [6, 6.07) is 5.59. The number of hydrogen-bond donors (Lipinski definition) is 2. The molecule has 0 saturated heterocycles. The van der Waals surface area contributed by atoms with E-state index < -0.39 is 5.43 Å². The standard InChI is InChI=1S/C19H18O8/c1-23-12-6-5-9(20)7-10(12)16-19(26-4)15(22)14-11(21)8-13(24-2)17(25-3)18(14)27-16/h5-8,20-21H,1-4H3. The van der Waals surface area contributed by atoms with Crippen LogP contribution in [0, 0.1) is 0 Å². The van der Waals surface area contributed by atoms with Gasteiger partial charge in [-0.2, -0.15) is 0 Å². The first-order valence-corrected chi connectivity index (χ1v) is 7.82. The summed E-state index contributed by atoms with van der Waals surface area (Å²) in [7, 11) is 5.52. The number of phenolic OH excluding ortho intramolecular Hbond substituents is 2. The number of methoxy groups -OCH3 is 4. The average Bonchev–Trinajstić information content (AvgIpc) is 2.67. The zero-order chi connectivity index (χ0) is 19.7. The van der Waals surface area contributed by atoms with Gasteiger partial charge in [0.1, 0.15) is 22.6 Å². The summed E-state index contributed by atoms with van der Waals surface area (Å²) < 4.78 is 26.9. The van der Waals surface area contributed by atoms with E-state index >= 15 is 0 Å². The van der Waals surface area contributed by atoms with Crippen molar-refractivity contribution in [2.75, 3.05) is 28.4 Å². The Bertz CT molecular complexity index is 1070. The largest absolute Gasteiger partial charge is 0.508 e. The van der Waals surface area contributed by atoms with Crippen molar-refractivity contribution in [2.45, 2.75) is 0 Å². The number of aromatic hydroxyl groups is 2. The first kappa shape index (κ1) is 18.2. The van der Waals surface area contributed by atoms with E-state index in [1.54, 1.807) is 0 Å². The molecule has 8 nitrogen and oxygen atoms in total. The Morgan fingerprint density at radius 1 is 0.852 bits per heavy atom. The normalized spacial score (nSPS) is 10.7. The van der Waals surface area contributed by atoms with E-state index in [0.29, 0.717) is 5.75 Å². The molecule has 1 heterocycles. The van der Waals surface area contributed by atoms with Crippen molar-refractivity contribution in [3.8, 4) is 45.8 Å². The summed E-state index contributed by atoms with van der Waals surface area (Å²) in [5.74, 6) is 0.109. The molecule has 0 amide bonds. The summed E-state index contributed by atoms with van der Waals surface area (Å²) >= 11 is 0. The molecule has 0 radical (unpaired) electrons. The number of ether oxygens (including phenoxy) is 4. The van der Waals surface area contributed by atoms with E-state index in [-0.39, 0.29) is 51.0 Å². The Morgan fingerprint density at radius 3 is 2.11 bits per heavy atom. The monoisotopic (exact) mass is 374 g/mol. The smallest absolute Gasteiger partial charge is 0.239 e. The maximum absolute atomic E-state index is 13.0. The van der Waals surface area contributed by atoms with E-state index in [1.807, 2.05) is 0 Å². The third kappa shape index (κ3) is 2.84. The summed E-state index contributed by atoms with van der Waals surface area (Å²) in [4.78, 5) is 13.0. The number of fused-ring (bicyclic) bond motifs is 1. The number of rotatable bonds is 5. The predicted octanol–water partition coefficient (Wildman–Crippen LogP) is 2.91. The summed E-state index contributed by atoms with van der Waals surface area (Å²) in [6.45, 7) is 0. The highest BCUT2D eigenvalue weighted by molar-refractivity contribution is 5.93. The van der Waals surface area contributed by atoms with Crippen LogP contribution in [0.2, 0.25) is 0 Å². The van der Waals surface area contributed by atoms with Gasteiger partial charge in [-0.1, -0.05) is 0 Å². The Morgan fingerprint density at radius 2 is 1.52 bits per heavy atom. The average molecular weight is 374 g/mol. The van der Waals surface area contributed by atoms with Crippen molar-refractivity contribution in [1.29, 1.82) is 0 Å². The number of phenols is 2. The van der Waals surface area contributed by atoms with Gasteiger partial charge in [-0.05, 0) is 18.2 Å². The molecule has 8 heteroatoms. The quantitative estimate of drug-likeness (QED) is 0.702. The molecule has 2 N–H and O–H groups in total. The second-order valence-corrected chi connectivity index (χ2v) is 5.51. The van der Waals surface area contributed by atoms with Gasteiger partial charge in [0.15, 0.2) is 17.1 Å². The number of hydrogen-bond acceptors (Lipinski definition) is 8. The van der Waals surface area contributed by atoms with Gasteiger partial charge in [0.2, 0.25) is 16.9 Å². The third-order valence-corrected chi connectivity index (χ3v) is 4.08. The molecule has 0 aliphatic rings. The fourth-order valence-electron chi connectivity index (χ4n) is 2.87. The second-order valence-electron chi connectivity index (χ2n) is 5.51. The highest BCUT2D eigenvalue weighted by Gasteiger charge is 2.26. The Labute approximate surface area is 154 Å². The van der Waals surface area contributed by atoms with Crippen LogP contribution in [0.25, 0.3) is 22.3 Å². The van der Waals surface area contributed by atoms with Crippen molar-refractivity contribution in [2.24, 2.45) is 0 Å². The first-order valence-electron chi connectivity index (χ1n) is 7.82. The van der Waals surface area contributed by atoms with Crippen LogP contribution in [0.1, 0.15) is 0 Å². The van der Waals surface area contributed by atoms with Crippen LogP contribution in [0.5, 0.6) is 34.5 Å². The SMILES string of the molecule is COc1ccc(O)cc1-c1oc2c(OC)c(OC)cc(O)c2c(=O)c1OC. The molecule has 1 aromatic heterocycles. The highest BCUT2D eigenvalue weighted by Crippen LogP contribution is 2.45. The fourth-order valence-corrected chi connectivity index (χ4v) is 2.87. The fraction of sp³-hybridized carbons (Fsp3) is 0.211. The lowest BCUT2D eigenvalue weighted by atomic mass is 10.1. The molecule has 0 aliphatic carbocycles. The lowest BCUT2D eigenvalue weighted by Crippen LogP contribution is -2.09. The minimum Gasteiger partial charge on any atom is -0.508 e. The first-order chi connectivity index (χ1) is 13.0. The highest BCUT2D eigenvalue weighted by atomic mass is 16.5. The Kier molecular flexibility index (Phi) is 4.72. The van der Waals surface area contributed by atoms with E-state index in [4.69, 9.17) is 23.4 Å². The van der Waals surface area contributed by atoms with Gasteiger partial charge in [-0.15, -0.1) is 0 Å². The summed E-state index contributed by atoms with van der Waals surface area (Å²) in [5, 5.41) is 20.0. The lowest BCUT2D eigenvalue weighted by Gasteiger charge is -2.15.